The quantitative estimate of drug-likeness (QED) is 0.771. The predicted octanol–water partition coefficient (Wildman–Crippen LogP) is 1.39. The zero-order valence-corrected chi connectivity index (χ0v) is 14.1. The van der Waals surface area contributed by atoms with Gasteiger partial charge in [-0.2, -0.15) is 5.10 Å². The summed E-state index contributed by atoms with van der Waals surface area (Å²) in [6.07, 6.45) is -0.733. The molecule has 0 saturated heterocycles. The molecule has 0 spiro atoms. The molecule has 0 bridgehead atoms. The van der Waals surface area contributed by atoms with E-state index in [0.29, 0.717) is 22.6 Å². The van der Waals surface area contributed by atoms with E-state index in [0.717, 1.165) is 5.39 Å². The van der Waals surface area contributed by atoms with Gasteiger partial charge in [-0.25, -0.2) is 4.68 Å². The standard InChI is InChI=1S/C19H17N3O4/c1-22-19(24)13-7-3-2-6-12(13)14(21-22)10-20-18(23)17-11-25-15-8-4-5-9-16(15)26-17/h2-9,17H,10-11H2,1H3,(H,20,23). The molecule has 1 unspecified atom stereocenters. The lowest BCUT2D eigenvalue weighted by Gasteiger charge is -2.25. The Morgan fingerprint density at radius 3 is 2.65 bits per heavy atom. The third-order valence-corrected chi connectivity index (χ3v) is 4.26. The number of carbonyl (C=O) groups excluding carboxylic acids is 1. The molecule has 1 amide bonds. The van der Waals surface area contributed by atoms with Crippen LogP contribution >= 0.6 is 0 Å². The fraction of sp³-hybridized carbons (Fsp3) is 0.211. The van der Waals surface area contributed by atoms with Crippen LogP contribution in [-0.2, 0) is 18.4 Å². The summed E-state index contributed by atoms with van der Waals surface area (Å²) in [6, 6.07) is 14.4. The summed E-state index contributed by atoms with van der Waals surface area (Å²) in [5, 5.41) is 8.38. The molecule has 1 N–H and O–H groups in total. The Morgan fingerprint density at radius 2 is 1.85 bits per heavy atom. The number of aromatic nitrogens is 2. The van der Waals surface area contributed by atoms with Gasteiger partial charge in [0.1, 0.15) is 6.61 Å². The van der Waals surface area contributed by atoms with E-state index in [9.17, 15) is 9.59 Å². The minimum Gasteiger partial charge on any atom is -0.485 e. The Balaban J connectivity index is 1.51. The van der Waals surface area contributed by atoms with E-state index >= 15 is 0 Å². The van der Waals surface area contributed by atoms with Crippen molar-refractivity contribution >= 4 is 16.7 Å². The number of amides is 1. The Labute approximate surface area is 149 Å². The topological polar surface area (TPSA) is 82.5 Å². The first-order valence-electron chi connectivity index (χ1n) is 8.24. The van der Waals surface area contributed by atoms with Crippen molar-refractivity contribution < 1.29 is 14.3 Å². The molecule has 1 aliphatic rings. The molecule has 26 heavy (non-hydrogen) atoms. The number of carbonyl (C=O) groups is 1. The van der Waals surface area contributed by atoms with E-state index in [1.165, 1.54) is 4.68 Å². The van der Waals surface area contributed by atoms with Crippen LogP contribution in [0.1, 0.15) is 5.69 Å². The summed E-state index contributed by atoms with van der Waals surface area (Å²) in [5.41, 5.74) is 0.449. The maximum atomic E-state index is 12.5. The van der Waals surface area contributed by atoms with Crippen LogP contribution in [0.2, 0.25) is 0 Å². The van der Waals surface area contributed by atoms with Gasteiger partial charge < -0.3 is 14.8 Å². The number of benzene rings is 2. The Morgan fingerprint density at radius 1 is 1.15 bits per heavy atom. The Kier molecular flexibility index (Phi) is 4.04. The third kappa shape index (κ3) is 2.88. The molecule has 1 aliphatic heterocycles. The zero-order chi connectivity index (χ0) is 18.1. The summed E-state index contributed by atoms with van der Waals surface area (Å²) < 4.78 is 12.5. The van der Waals surface area contributed by atoms with Gasteiger partial charge in [0, 0.05) is 12.4 Å². The highest BCUT2D eigenvalue weighted by Crippen LogP contribution is 2.30. The van der Waals surface area contributed by atoms with Crippen molar-refractivity contribution in [2.75, 3.05) is 6.61 Å². The fourth-order valence-electron chi connectivity index (χ4n) is 2.94. The number of para-hydroxylation sites is 2. The largest absolute Gasteiger partial charge is 0.485 e. The lowest BCUT2D eigenvalue weighted by Crippen LogP contribution is -2.44. The number of rotatable bonds is 3. The molecular formula is C19H17N3O4. The summed E-state index contributed by atoms with van der Waals surface area (Å²) in [5.74, 6) is 0.881. The Hall–Kier alpha value is -3.35. The smallest absolute Gasteiger partial charge is 0.274 e. The van der Waals surface area contributed by atoms with Crippen LogP contribution in [0.5, 0.6) is 11.5 Å². The minimum atomic E-state index is -0.733. The fourth-order valence-corrected chi connectivity index (χ4v) is 2.94. The third-order valence-electron chi connectivity index (χ3n) is 4.26. The molecule has 7 heteroatoms. The van der Waals surface area contributed by atoms with Crippen molar-refractivity contribution in [2.24, 2.45) is 7.05 Å². The first-order chi connectivity index (χ1) is 12.6. The number of ether oxygens (including phenoxy) is 2. The Bertz CT molecular complexity index is 1040. The molecule has 4 rings (SSSR count). The van der Waals surface area contributed by atoms with E-state index in [4.69, 9.17) is 9.47 Å². The number of fused-ring (bicyclic) bond motifs is 2. The maximum absolute atomic E-state index is 12.5. The van der Waals surface area contributed by atoms with Gasteiger partial charge in [0.05, 0.1) is 17.6 Å². The average Bonchev–Trinajstić information content (AvgIpc) is 2.69. The molecule has 2 heterocycles. The van der Waals surface area contributed by atoms with E-state index in [1.807, 2.05) is 24.3 Å². The molecule has 0 radical (unpaired) electrons. The molecule has 1 atom stereocenters. The number of nitrogens with zero attached hydrogens (tertiary/aromatic N) is 2. The molecule has 3 aromatic rings. The second kappa shape index (κ2) is 6.51. The van der Waals surface area contributed by atoms with Crippen molar-refractivity contribution in [3.05, 3.63) is 64.6 Å². The van der Waals surface area contributed by atoms with Gasteiger partial charge in [-0.05, 0) is 18.2 Å². The van der Waals surface area contributed by atoms with Gasteiger partial charge in [0.2, 0.25) is 6.10 Å². The van der Waals surface area contributed by atoms with Crippen molar-refractivity contribution in [1.29, 1.82) is 0 Å². The van der Waals surface area contributed by atoms with Crippen LogP contribution in [0.15, 0.2) is 53.3 Å². The van der Waals surface area contributed by atoms with Crippen LogP contribution < -0.4 is 20.3 Å². The first kappa shape index (κ1) is 16.1. The lowest BCUT2D eigenvalue weighted by atomic mass is 10.1. The van der Waals surface area contributed by atoms with Crippen LogP contribution in [0.3, 0.4) is 0 Å². The van der Waals surface area contributed by atoms with E-state index in [1.54, 1.807) is 31.3 Å². The number of aryl methyl sites for hydroxylation is 1. The normalized spacial score (nSPS) is 15.7. The number of hydrogen-bond acceptors (Lipinski definition) is 5. The summed E-state index contributed by atoms with van der Waals surface area (Å²) in [7, 11) is 1.59. The average molecular weight is 351 g/mol. The van der Waals surface area contributed by atoms with Crippen molar-refractivity contribution in [3.8, 4) is 11.5 Å². The predicted molar refractivity (Wildman–Crippen MR) is 95.2 cm³/mol. The molecule has 0 fully saturated rings. The molecule has 132 valence electrons. The van der Waals surface area contributed by atoms with Crippen LogP contribution in [0, 0.1) is 0 Å². The summed E-state index contributed by atoms with van der Waals surface area (Å²) in [6.45, 7) is 0.333. The number of hydrogen-bond donors (Lipinski definition) is 1. The lowest BCUT2D eigenvalue weighted by molar-refractivity contribution is -0.130. The molecule has 0 aliphatic carbocycles. The molecule has 2 aromatic carbocycles. The summed E-state index contributed by atoms with van der Waals surface area (Å²) in [4.78, 5) is 24.6. The van der Waals surface area contributed by atoms with Crippen LogP contribution in [0.25, 0.3) is 10.8 Å². The van der Waals surface area contributed by atoms with Crippen molar-refractivity contribution in [1.82, 2.24) is 15.1 Å². The number of nitrogens with one attached hydrogen (secondary N) is 1. The maximum Gasteiger partial charge on any atom is 0.274 e. The first-order valence-corrected chi connectivity index (χ1v) is 8.24. The highest BCUT2D eigenvalue weighted by atomic mass is 16.6. The highest BCUT2D eigenvalue weighted by molar-refractivity contribution is 5.85. The molecule has 1 aromatic heterocycles. The SMILES string of the molecule is Cn1nc(CNC(=O)C2COc3ccccc3O2)c2ccccc2c1=O. The van der Waals surface area contributed by atoms with Gasteiger partial charge in [0.15, 0.2) is 11.5 Å². The van der Waals surface area contributed by atoms with Gasteiger partial charge >= 0.3 is 0 Å². The molecule has 7 nitrogen and oxygen atoms in total. The van der Waals surface area contributed by atoms with E-state index in [-0.39, 0.29) is 24.6 Å². The zero-order valence-electron chi connectivity index (χ0n) is 14.1. The monoisotopic (exact) mass is 351 g/mol. The van der Waals surface area contributed by atoms with Crippen LogP contribution in [-0.4, -0.2) is 28.4 Å². The van der Waals surface area contributed by atoms with E-state index in [2.05, 4.69) is 10.4 Å². The van der Waals surface area contributed by atoms with E-state index < -0.39 is 6.10 Å². The highest BCUT2D eigenvalue weighted by Gasteiger charge is 2.27. The van der Waals surface area contributed by atoms with Gasteiger partial charge in [-0.3, -0.25) is 9.59 Å². The van der Waals surface area contributed by atoms with Gasteiger partial charge in [0.25, 0.3) is 11.5 Å². The summed E-state index contributed by atoms with van der Waals surface area (Å²) >= 11 is 0. The van der Waals surface area contributed by atoms with Crippen LogP contribution in [0.4, 0.5) is 0 Å². The van der Waals surface area contributed by atoms with Gasteiger partial charge in [-0.15, -0.1) is 0 Å². The second-order valence-electron chi connectivity index (χ2n) is 6.00. The second-order valence-corrected chi connectivity index (χ2v) is 6.00. The van der Waals surface area contributed by atoms with Gasteiger partial charge in [-0.1, -0.05) is 30.3 Å². The molecule has 0 saturated carbocycles. The minimum absolute atomic E-state index is 0.143. The molecular weight excluding hydrogens is 334 g/mol. The van der Waals surface area contributed by atoms with Crippen molar-refractivity contribution in [2.45, 2.75) is 12.6 Å². The van der Waals surface area contributed by atoms with Crippen molar-refractivity contribution in [3.63, 3.8) is 0 Å².